The van der Waals surface area contributed by atoms with Crippen LogP contribution in [0.15, 0.2) is 42.6 Å². The number of aromatic nitrogens is 2. The molecule has 3 aromatic rings. The highest BCUT2D eigenvalue weighted by molar-refractivity contribution is 5.98. The molecule has 44 heavy (non-hydrogen) atoms. The van der Waals surface area contributed by atoms with Crippen molar-refractivity contribution in [2.75, 3.05) is 45.6 Å². The van der Waals surface area contributed by atoms with Crippen LogP contribution in [0.1, 0.15) is 48.4 Å². The second-order valence-corrected chi connectivity index (χ2v) is 11.7. The molecule has 1 saturated heterocycles. The Morgan fingerprint density at radius 2 is 1.84 bits per heavy atom. The van der Waals surface area contributed by atoms with Crippen molar-refractivity contribution in [2.24, 2.45) is 0 Å². The summed E-state index contributed by atoms with van der Waals surface area (Å²) in [6.07, 6.45) is -1.64. The Morgan fingerprint density at radius 1 is 1.11 bits per heavy atom. The average molecular weight is 608 g/mol. The van der Waals surface area contributed by atoms with Gasteiger partial charge in [-0.25, -0.2) is 0 Å². The smallest absolute Gasteiger partial charge is 0.373 e. The highest BCUT2D eigenvalue weighted by Crippen LogP contribution is 2.27. The molecule has 0 spiro atoms. The normalized spacial score (nSPS) is 14.2. The van der Waals surface area contributed by atoms with Crippen molar-refractivity contribution in [3.05, 3.63) is 59.5 Å². The number of likely N-dealkylation sites (tertiary alicyclic amines) is 1. The van der Waals surface area contributed by atoms with Crippen LogP contribution in [-0.2, 0) is 16.8 Å². The van der Waals surface area contributed by atoms with E-state index in [9.17, 15) is 28.0 Å². The molecule has 4 rings (SSSR count). The number of nitrogens with zero attached hydrogens (tertiary/aromatic N) is 5. The third kappa shape index (κ3) is 8.29. The number of benzene rings is 1. The lowest BCUT2D eigenvalue weighted by atomic mass is 9.91. The lowest BCUT2D eigenvalue weighted by Crippen LogP contribution is -2.48. The van der Waals surface area contributed by atoms with E-state index in [0.717, 1.165) is 4.57 Å². The second-order valence-electron chi connectivity index (χ2n) is 11.7. The number of halogens is 3. The van der Waals surface area contributed by atoms with E-state index >= 15 is 0 Å². The summed E-state index contributed by atoms with van der Waals surface area (Å²) in [5.74, 6) is 5.43. The minimum Gasteiger partial charge on any atom is -0.373 e. The molecule has 1 aliphatic heterocycles. The number of nitrogens with one attached hydrogen (secondary N) is 2. The largest absolute Gasteiger partial charge is 0.406 e. The van der Waals surface area contributed by atoms with E-state index in [2.05, 4.69) is 33.5 Å². The number of rotatable bonds is 8. The van der Waals surface area contributed by atoms with Crippen LogP contribution in [0.4, 0.5) is 18.9 Å². The van der Waals surface area contributed by atoms with Crippen molar-refractivity contribution in [2.45, 2.75) is 50.9 Å². The Kier molecular flexibility index (Phi) is 9.85. The first-order valence-corrected chi connectivity index (χ1v) is 14.3. The Hall–Kier alpha value is -4.55. The molecular weight excluding hydrogens is 571 g/mol. The van der Waals surface area contributed by atoms with Gasteiger partial charge in [0.2, 0.25) is 5.91 Å². The first-order chi connectivity index (χ1) is 20.8. The number of pyridine rings is 1. The number of nitriles is 1. The molecule has 2 aromatic heterocycles. The summed E-state index contributed by atoms with van der Waals surface area (Å²) in [4.78, 5) is 33.3. The van der Waals surface area contributed by atoms with Gasteiger partial charge in [0.25, 0.3) is 5.91 Å². The van der Waals surface area contributed by atoms with Crippen molar-refractivity contribution in [1.29, 1.82) is 5.26 Å². The van der Waals surface area contributed by atoms with Crippen molar-refractivity contribution in [3.63, 3.8) is 0 Å². The van der Waals surface area contributed by atoms with Gasteiger partial charge >= 0.3 is 6.18 Å². The minimum atomic E-state index is -4.47. The number of amides is 2. The Balaban J connectivity index is 1.44. The van der Waals surface area contributed by atoms with Crippen LogP contribution < -0.4 is 10.6 Å². The Morgan fingerprint density at radius 3 is 2.45 bits per heavy atom. The number of hydrogen-bond donors (Lipinski definition) is 2. The second kappa shape index (κ2) is 13.4. The molecule has 0 unspecified atom stereocenters. The van der Waals surface area contributed by atoms with Crippen LogP contribution in [0, 0.1) is 23.2 Å². The summed E-state index contributed by atoms with van der Waals surface area (Å²) < 4.78 is 41.6. The maximum Gasteiger partial charge on any atom is 0.406 e. The average Bonchev–Trinajstić information content (AvgIpc) is 3.30. The van der Waals surface area contributed by atoms with Gasteiger partial charge in [0.1, 0.15) is 6.54 Å². The van der Waals surface area contributed by atoms with Crippen LogP contribution in [0.2, 0.25) is 0 Å². The van der Waals surface area contributed by atoms with Gasteiger partial charge in [-0.15, -0.1) is 0 Å². The van der Waals surface area contributed by atoms with Gasteiger partial charge in [-0.1, -0.05) is 5.92 Å². The SMILES string of the molecule is CN(C)CC(=O)N1CCC(NC(=O)c2ccc3c(c2)cc(C#CCNc2ccc(C(C)(C)C#N)nc2)n3CC(F)(F)F)CC1. The van der Waals surface area contributed by atoms with Crippen molar-refractivity contribution in [3.8, 4) is 17.9 Å². The zero-order valence-corrected chi connectivity index (χ0v) is 25.3. The van der Waals surface area contributed by atoms with Crippen LogP contribution in [-0.4, -0.2) is 83.7 Å². The molecule has 0 aliphatic carbocycles. The molecule has 0 radical (unpaired) electrons. The zero-order valence-electron chi connectivity index (χ0n) is 25.3. The molecule has 2 amide bonds. The number of fused-ring (bicyclic) bond motifs is 1. The molecule has 12 heteroatoms. The number of carbonyl (C=O) groups is 2. The molecule has 232 valence electrons. The number of likely N-dealkylation sites (N-methyl/N-ethyl adjacent to an activating group) is 1. The third-order valence-corrected chi connectivity index (χ3v) is 7.42. The minimum absolute atomic E-state index is 0.0510. The van der Waals surface area contributed by atoms with Crippen molar-refractivity contribution < 1.29 is 22.8 Å². The number of hydrogen-bond acceptors (Lipinski definition) is 6. The van der Waals surface area contributed by atoms with E-state index in [-0.39, 0.29) is 30.1 Å². The fourth-order valence-electron chi connectivity index (χ4n) is 4.98. The van der Waals surface area contributed by atoms with Gasteiger partial charge in [0.05, 0.1) is 47.8 Å². The highest BCUT2D eigenvalue weighted by Gasteiger charge is 2.30. The van der Waals surface area contributed by atoms with Gasteiger partial charge in [0.15, 0.2) is 0 Å². The van der Waals surface area contributed by atoms with E-state index < -0.39 is 18.1 Å². The van der Waals surface area contributed by atoms with Crippen molar-refractivity contribution in [1.82, 2.24) is 24.7 Å². The lowest BCUT2D eigenvalue weighted by molar-refractivity contribution is -0.140. The van der Waals surface area contributed by atoms with Crippen LogP contribution in [0.25, 0.3) is 10.9 Å². The van der Waals surface area contributed by atoms with Gasteiger partial charge < -0.3 is 25.0 Å². The monoisotopic (exact) mass is 607 g/mol. The molecule has 3 heterocycles. The van der Waals surface area contributed by atoms with E-state index in [1.165, 1.54) is 12.1 Å². The molecular formula is C32H36F3N7O2. The summed E-state index contributed by atoms with van der Waals surface area (Å²) in [5, 5.41) is 15.8. The number of anilines is 1. The van der Waals surface area contributed by atoms with E-state index in [4.69, 9.17) is 0 Å². The van der Waals surface area contributed by atoms with E-state index in [0.29, 0.717) is 60.3 Å². The van der Waals surface area contributed by atoms with Gasteiger partial charge in [-0.05, 0) is 83.1 Å². The highest BCUT2D eigenvalue weighted by atomic mass is 19.4. The maximum atomic E-state index is 13.5. The molecule has 2 N–H and O–H groups in total. The van der Waals surface area contributed by atoms with Crippen LogP contribution in [0.3, 0.4) is 0 Å². The Bertz CT molecular complexity index is 1600. The fourth-order valence-corrected chi connectivity index (χ4v) is 4.98. The molecule has 0 saturated carbocycles. The summed E-state index contributed by atoms with van der Waals surface area (Å²) >= 11 is 0. The fraction of sp³-hybridized carbons (Fsp3) is 0.438. The van der Waals surface area contributed by atoms with Gasteiger partial charge in [0, 0.05) is 35.6 Å². The number of carbonyl (C=O) groups excluding carboxylic acids is 2. The maximum absolute atomic E-state index is 13.5. The molecule has 1 aliphatic rings. The predicted octanol–water partition coefficient (Wildman–Crippen LogP) is 4.15. The Labute approximate surface area is 255 Å². The molecule has 0 bridgehead atoms. The third-order valence-electron chi connectivity index (χ3n) is 7.42. The molecule has 0 atom stereocenters. The quantitative estimate of drug-likeness (QED) is 0.373. The molecule has 9 nitrogen and oxygen atoms in total. The summed E-state index contributed by atoms with van der Waals surface area (Å²) in [7, 11) is 3.68. The summed E-state index contributed by atoms with van der Waals surface area (Å²) in [6.45, 7) is 3.91. The van der Waals surface area contributed by atoms with Gasteiger partial charge in [-0.3, -0.25) is 14.6 Å². The first-order valence-electron chi connectivity index (χ1n) is 14.3. The summed E-state index contributed by atoms with van der Waals surface area (Å²) in [6, 6.07) is 11.8. The lowest BCUT2D eigenvalue weighted by Gasteiger charge is -2.33. The van der Waals surface area contributed by atoms with E-state index in [1.807, 2.05) is 19.0 Å². The summed E-state index contributed by atoms with van der Waals surface area (Å²) in [5.41, 5.74) is 1.40. The van der Waals surface area contributed by atoms with Crippen molar-refractivity contribution >= 4 is 28.4 Å². The van der Waals surface area contributed by atoms with Gasteiger partial charge in [-0.2, -0.15) is 18.4 Å². The van der Waals surface area contributed by atoms with Crippen LogP contribution in [0.5, 0.6) is 0 Å². The number of alkyl halides is 3. The zero-order chi connectivity index (χ0) is 32.1. The molecule has 1 aromatic carbocycles. The molecule has 1 fully saturated rings. The first kappa shape index (κ1) is 32.4. The topological polar surface area (TPSA) is 106 Å². The standard InChI is InChI=1S/C32H36F3N7O2/c1-31(2,20-36)28-10-8-25(18-38-28)37-13-5-6-26-17-23-16-22(7-9-27(23)42(26)21-32(33,34)35)30(44)39-24-11-14-41(15-12-24)29(43)19-40(3)4/h7-10,16-18,24,37H,11-15,19,21H2,1-4H3,(H,39,44). The van der Waals surface area contributed by atoms with E-state index in [1.54, 1.807) is 49.2 Å². The predicted molar refractivity (Wildman–Crippen MR) is 162 cm³/mol. The number of piperidine rings is 1. The van der Waals surface area contributed by atoms with Crippen LogP contribution >= 0.6 is 0 Å².